The van der Waals surface area contributed by atoms with Crippen molar-refractivity contribution in [3.05, 3.63) is 18.2 Å². The Labute approximate surface area is 145 Å². The van der Waals surface area contributed by atoms with Gasteiger partial charge in [-0.05, 0) is 16.9 Å². The number of nitrogen functional groups attached to an aromatic ring is 1. The van der Waals surface area contributed by atoms with Crippen molar-refractivity contribution in [1.82, 2.24) is 14.5 Å². The predicted molar refractivity (Wildman–Crippen MR) is 68.5 cm³/mol. The molecular weight excluding hydrogens is 353 g/mol. The molecule has 21 heavy (non-hydrogen) atoms. The van der Waals surface area contributed by atoms with Crippen molar-refractivity contribution < 1.29 is 52.8 Å². The zero-order valence-electron chi connectivity index (χ0n) is 11.3. The molecule has 0 saturated carbocycles. The van der Waals surface area contributed by atoms with E-state index in [0.717, 1.165) is 0 Å². The average Bonchev–Trinajstić information content (AvgIpc) is 2.99. The summed E-state index contributed by atoms with van der Waals surface area (Å²) < 4.78 is 6.99. The van der Waals surface area contributed by atoms with Crippen LogP contribution in [0.25, 0.3) is 11.0 Å². The molecule has 0 spiro atoms. The van der Waals surface area contributed by atoms with Crippen LogP contribution in [0.3, 0.4) is 0 Å². The molecule has 1 aliphatic heterocycles. The molecule has 2 aromatic rings. The van der Waals surface area contributed by atoms with Gasteiger partial charge in [-0.1, -0.05) is 13.1 Å². The van der Waals surface area contributed by atoms with Crippen LogP contribution in [-0.2, 0) is 37.4 Å². The van der Waals surface area contributed by atoms with Gasteiger partial charge in [0.25, 0.3) is 0 Å². The summed E-state index contributed by atoms with van der Waals surface area (Å²) in [5, 5.41) is 29.0. The van der Waals surface area contributed by atoms with Gasteiger partial charge in [-0.15, -0.1) is 0 Å². The van der Waals surface area contributed by atoms with E-state index in [9.17, 15) is 10.2 Å². The normalized spacial score (nSPS) is 28.8. The minimum atomic E-state index is -1.18. The quantitative estimate of drug-likeness (QED) is 0.487. The first-order valence-corrected chi connectivity index (χ1v) is 6.17. The Kier molecular flexibility index (Phi) is 4.97. The molecule has 1 saturated heterocycles. The zero-order chi connectivity index (χ0) is 14.4. The van der Waals surface area contributed by atoms with Gasteiger partial charge in [-0.25, -0.2) is 0 Å². The topological polar surface area (TPSA) is 127 Å². The van der Waals surface area contributed by atoms with Crippen molar-refractivity contribution >= 4 is 16.7 Å². The van der Waals surface area contributed by atoms with Gasteiger partial charge in [-0.3, -0.25) is 4.98 Å². The number of ether oxygens (including phenoxy) is 1. The molecule has 5 N–H and O–H groups in total. The number of aliphatic hydroxyl groups excluding tert-OH is 3. The van der Waals surface area contributed by atoms with Gasteiger partial charge < -0.3 is 35.3 Å². The fraction of sp³-hybridized carbons (Fsp3) is 0.500. The van der Waals surface area contributed by atoms with E-state index >= 15 is 0 Å². The monoisotopic (exact) mass is 368 g/mol. The van der Waals surface area contributed by atoms with Crippen LogP contribution >= 0.6 is 0 Å². The van der Waals surface area contributed by atoms with Crippen molar-refractivity contribution in [3.63, 3.8) is 0 Å². The van der Waals surface area contributed by atoms with Crippen LogP contribution in [0.1, 0.15) is 11.9 Å². The standard InChI is InChI=1S/C12H15N4O4.Y/c1-5-8-9(6(13)2-14-5)16(4-15-8)12-11(19)10(18)7(3-17)20-12;/h4,7,10-12,17-19H,3,13H2,1H3;/q-1;. The fourth-order valence-electron chi connectivity index (χ4n) is 2.45. The van der Waals surface area contributed by atoms with Crippen LogP contribution in [0.15, 0.2) is 6.33 Å². The van der Waals surface area contributed by atoms with Gasteiger partial charge in [0.05, 0.1) is 12.9 Å². The number of hydrogen-bond donors (Lipinski definition) is 4. The Balaban J connectivity index is 0.00000161. The second-order valence-electron chi connectivity index (χ2n) is 4.80. The summed E-state index contributed by atoms with van der Waals surface area (Å²) in [5.41, 5.74) is 7.91. The number of imidazole rings is 1. The maximum absolute atomic E-state index is 10.0. The number of rotatable bonds is 2. The largest absolute Gasteiger partial charge is 0.416 e. The number of aromatic nitrogens is 3. The number of hydrogen-bond acceptors (Lipinski definition) is 7. The predicted octanol–water partition coefficient (Wildman–Crippen LogP) is -1.27. The molecule has 4 unspecified atom stereocenters. The SMILES string of the molecule is Cc1n[c-]c(N)c2c1ncn2C1OC(CO)C(O)C1O.[Y]. The molecule has 1 radical (unpaired) electrons. The second-order valence-corrected chi connectivity index (χ2v) is 4.80. The molecule has 0 aliphatic carbocycles. The first kappa shape index (κ1) is 16.7. The van der Waals surface area contributed by atoms with Crippen molar-refractivity contribution in [2.24, 2.45) is 0 Å². The third-order valence-electron chi connectivity index (χ3n) is 3.53. The first-order valence-electron chi connectivity index (χ1n) is 6.17. The molecule has 111 valence electrons. The van der Waals surface area contributed by atoms with Crippen LogP contribution in [0.5, 0.6) is 0 Å². The number of aliphatic hydroxyl groups is 3. The van der Waals surface area contributed by atoms with E-state index in [4.69, 9.17) is 15.6 Å². The summed E-state index contributed by atoms with van der Waals surface area (Å²) in [7, 11) is 0. The van der Waals surface area contributed by atoms with Crippen LogP contribution in [0.2, 0.25) is 0 Å². The second kappa shape index (κ2) is 6.23. The van der Waals surface area contributed by atoms with Gasteiger partial charge in [-0.2, -0.15) is 0 Å². The summed E-state index contributed by atoms with van der Waals surface area (Å²) in [4.78, 5) is 8.19. The molecular formula is C12H15N4O4Y-. The summed E-state index contributed by atoms with van der Waals surface area (Å²) in [5.74, 6) is 0. The summed E-state index contributed by atoms with van der Waals surface area (Å²) in [6, 6.07) is 0. The third-order valence-corrected chi connectivity index (χ3v) is 3.53. The van der Waals surface area contributed by atoms with Crippen LogP contribution < -0.4 is 5.73 Å². The zero-order valence-corrected chi connectivity index (χ0v) is 14.2. The minimum Gasteiger partial charge on any atom is -0.416 e. The van der Waals surface area contributed by atoms with E-state index in [1.807, 2.05) is 0 Å². The van der Waals surface area contributed by atoms with Crippen LogP contribution in [-0.4, -0.2) is 54.8 Å². The molecule has 9 heteroatoms. The van der Waals surface area contributed by atoms with Crippen molar-refractivity contribution in [3.8, 4) is 0 Å². The van der Waals surface area contributed by atoms with E-state index in [-0.39, 0.29) is 45.0 Å². The molecule has 0 aromatic carbocycles. The maximum atomic E-state index is 10.0. The van der Waals surface area contributed by atoms with E-state index in [1.165, 1.54) is 10.9 Å². The molecule has 0 bridgehead atoms. The van der Waals surface area contributed by atoms with Crippen LogP contribution in [0.4, 0.5) is 5.69 Å². The molecule has 0 amide bonds. The van der Waals surface area contributed by atoms with Gasteiger partial charge in [0.1, 0.15) is 18.3 Å². The van der Waals surface area contributed by atoms with Crippen molar-refractivity contribution in [1.29, 1.82) is 0 Å². The van der Waals surface area contributed by atoms with Gasteiger partial charge in [0.15, 0.2) is 6.23 Å². The van der Waals surface area contributed by atoms with Gasteiger partial charge in [0, 0.05) is 38.2 Å². The number of nitrogens with zero attached hydrogens (tertiary/aromatic N) is 3. The molecule has 1 aliphatic rings. The molecule has 8 nitrogen and oxygen atoms in total. The number of pyridine rings is 1. The van der Waals surface area contributed by atoms with Gasteiger partial charge in [0.2, 0.25) is 0 Å². The smallest absolute Gasteiger partial charge is 0.154 e. The third kappa shape index (κ3) is 2.60. The van der Waals surface area contributed by atoms with Crippen LogP contribution in [0, 0.1) is 13.1 Å². The molecule has 3 rings (SSSR count). The van der Waals surface area contributed by atoms with Crippen molar-refractivity contribution in [2.75, 3.05) is 12.3 Å². The summed E-state index contributed by atoms with van der Waals surface area (Å²) in [6.45, 7) is 1.39. The first-order chi connectivity index (χ1) is 9.54. The van der Waals surface area contributed by atoms with E-state index in [2.05, 4.69) is 16.2 Å². The number of nitrogens with two attached hydrogens (primary N) is 1. The molecule has 3 heterocycles. The van der Waals surface area contributed by atoms with E-state index in [1.54, 1.807) is 6.92 Å². The summed E-state index contributed by atoms with van der Waals surface area (Å²) in [6.07, 6.45) is 0.0528. The Morgan fingerprint density at radius 1 is 1.43 bits per heavy atom. The van der Waals surface area contributed by atoms with E-state index in [0.29, 0.717) is 16.7 Å². The summed E-state index contributed by atoms with van der Waals surface area (Å²) >= 11 is 0. The van der Waals surface area contributed by atoms with E-state index < -0.39 is 24.5 Å². The Hall–Kier alpha value is -0.636. The Morgan fingerprint density at radius 3 is 2.76 bits per heavy atom. The number of anilines is 1. The number of aryl methyl sites for hydroxylation is 1. The van der Waals surface area contributed by atoms with Gasteiger partial charge >= 0.3 is 0 Å². The molecule has 2 aromatic heterocycles. The molecule has 1 fully saturated rings. The average molecular weight is 368 g/mol. The maximum Gasteiger partial charge on any atom is 0.154 e. The number of fused-ring (bicyclic) bond motifs is 1. The Morgan fingerprint density at radius 2 is 2.14 bits per heavy atom. The van der Waals surface area contributed by atoms with Crippen molar-refractivity contribution in [2.45, 2.75) is 31.5 Å². The molecule has 4 atom stereocenters. The minimum absolute atomic E-state index is 0. The fourth-order valence-corrected chi connectivity index (χ4v) is 2.45. The Bertz CT molecular complexity index is 649.